The van der Waals surface area contributed by atoms with Crippen molar-refractivity contribution in [1.82, 2.24) is 0 Å². The van der Waals surface area contributed by atoms with Gasteiger partial charge in [0.05, 0.1) is 6.61 Å². The second-order valence-electron chi connectivity index (χ2n) is 4.08. The van der Waals surface area contributed by atoms with Crippen molar-refractivity contribution in [3.63, 3.8) is 0 Å². The molecule has 0 spiro atoms. The van der Waals surface area contributed by atoms with Crippen molar-refractivity contribution < 1.29 is 19.1 Å². The Balaban J connectivity index is 2.52. The van der Waals surface area contributed by atoms with E-state index >= 15 is 0 Å². The van der Waals surface area contributed by atoms with Gasteiger partial charge in [-0.25, -0.2) is 0 Å². The molecule has 1 atom stereocenters. The Morgan fingerprint density at radius 3 is 2.63 bits per heavy atom. The second-order valence-corrected chi connectivity index (χ2v) is 4.08. The highest BCUT2D eigenvalue weighted by Gasteiger charge is 2.14. The predicted octanol–water partition coefficient (Wildman–Crippen LogP) is 1.43. The number of para-hydroxylation sites is 1. The van der Waals surface area contributed by atoms with Gasteiger partial charge in [0.2, 0.25) is 0 Å². The lowest BCUT2D eigenvalue weighted by atomic mass is 10.1. The molecule has 5 nitrogen and oxygen atoms in total. The van der Waals surface area contributed by atoms with Crippen LogP contribution in [-0.2, 0) is 20.7 Å². The molecule has 0 heterocycles. The summed E-state index contributed by atoms with van der Waals surface area (Å²) in [5.74, 6) is -0.332. The highest BCUT2D eigenvalue weighted by atomic mass is 16.5. The van der Waals surface area contributed by atoms with Crippen LogP contribution in [0.4, 0.5) is 0 Å². The Hall–Kier alpha value is -2.04. The second kappa shape index (κ2) is 7.41. The molecule has 0 saturated carbocycles. The molecular formula is C14H19NO4. The van der Waals surface area contributed by atoms with Crippen LogP contribution in [0.25, 0.3) is 0 Å². The minimum absolute atomic E-state index is 0.182. The molecule has 5 heteroatoms. The summed E-state index contributed by atoms with van der Waals surface area (Å²) in [6.45, 7) is 3.92. The van der Waals surface area contributed by atoms with Crippen LogP contribution in [0.1, 0.15) is 25.8 Å². The number of carbonyl (C=O) groups is 2. The third kappa shape index (κ3) is 4.99. The van der Waals surface area contributed by atoms with Crippen molar-refractivity contribution >= 4 is 11.9 Å². The molecule has 1 amide bonds. The van der Waals surface area contributed by atoms with Gasteiger partial charge in [-0.05, 0) is 31.9 Å². The van der Waals surface area contributed by atoms with Gasteiger partial charge in [-0.1, -0.05) is 18.2 Å². The number of ether oxygens (including phenoxy) is 2. The molecule has 2 N–H and O–H groups in total. The summed E-state index contributed by atoms with van der Waals surface area (Å²) in [5, 5.41) is 0. The number of hydrogen-bond donors (Lipinski definition) is 1. The van der Waals surface area contributed by atoms with Crippen LogP contribution in [0, 0.1) is 0 Å². The fraction of sp³-hybridized carbons (Fsp3) is 0.429. The number of amides is 1. The first-order chi connectivity index (χ1) is 9.04. The first-order valence-corrected chi connectivity index (χ1v) is 6.24. The number of nitrogens with two attached hydrogens (primary N) is 1. The first-order valence-electron chi connectivity index (χ1n) is 6.24. The van der Waals surface area contributed by atoms with Crippen LogP contribution in [0.5, 0.6) is 5.75 Å². The summed E-state index contributed by atoms with van der Waals surface area (Å²) in [7, 11) is 0. The minimum Gasteiger partial charge on any atom is -0.494 e. The van der Waals surface area contributed by atoms with Gasteiger partial charge in [0, 0.05) is 6.42 Å². The summed E-state index contributed by atoms with van der Waals surface area (Å²) in [6.07, 6.45) is -0.211. The van der Waals surface area contributed by atoms with Crippen molar-refractivity contribution in [1.29, 1.82) is 0 Å². The average Bonchev–Trinajstić information content (AvgIpc) is 2.38. The van der Waals surface area contributed by atoms with Crippen LogP contribution in [0.2, 0.25) is 0 Å². The number of esters is 1. The fourth-order valence-electron chi connectivity index (χ4n) is 1.56. The zero-order valence-electron chi connectivity index (χ0n) is 11.2. The standard InChI is InChI=1S/C14H19NO4/c1-3-18-12-7-5-4-6-11(12)8-9-13(16)19-10(2)14(15)17/h4-7,10H,3,8-9H2,1-2H3,(H2,15,17)/t10-/m0/s1. The third-order valence-electron chi connectivity index (χ3n) is 2.58. The van der Waals surface area contributed by atoms with E-state index in [4.69, 9.17) is 15.2 Å². The summed E-state index contributed by atoms with van der Waals surface area (Å²) >= 11 is 0. The Bertz CT molecular complexity index is 445. The molecule has 104 valence electrons. The van der Waals surface area contributed by atoms with Crippen LogP contribution < -0.4 is 10.5 Å². The maximum Gasteiger partial charge on any atom is 0.306 e. The molecule has 0 aliphatic heterocycles. The molecule has 19 heavy (non-hydrogen) atoms. The number of primary amides is 1. The van der Waals surface area contributed by atoms with Crippen molar-refractivity contribution in [2.24, 2.45) is 5.73 Å². The van der Waals surface area contributed by atoms with Crippen molar-refractivity contribution in [2.75, 3.05) is 6.61 Å². The quantitative estimate of drug-likeness (QED) is 0.756. The Labute approximate surface area is 112 Å². The van der Waals surface area contributed by atoms with Gasteiger partial charge in [0.1, 0.15) is 5.75 Å². The van der Waals surface area contributed by atoms with Gasteiger partial charge in [-0.3, -0.25) is 9.59 Å². The number of hydrogen-bond acceptors (Lipinski definition) is 4. The van der Waals surface area contributed by atoms with E-state index in [0.717, 1.165) is 11.3 Å². The first kappa shape index (κ1) is 15.0. The van der Waals surface area contributed by atoms with E-state index in [1.54, 1.807) is 0 Å². The molecule has 0 bridgehead atoms. The monoisotopic (exact) mass is 265 g/mol. The SMILES string of the molecule is CCOc1ccccc1CCC(=O)O[C@@H](C)C(N)=O. The van der Waals surface area contributed by atoms with Crippen molar-refractivity contribution in [3.8, 4) is 5.75 Å². The van der Waals surface area contributed by atoms with Crippen molar-refractivity contribution in [3.05, 3.63) is 29.8 Å². The lowest BCUT2D eigenvalue weighted by Crippen LogP contribution is -2.30. The topological polar surface area (TPSA) is 78.6 Å². The number of rotatable bonds is 7. The van der Waals surface area contributed by atoms with Gasteiger partial charge in [0.25, 0.3) is 5.91 Å². The summed E-state index contributed by atoms with van der Waals surface area (Å²) in [4.78, 5) is 22.3. The molecule has 0 unspecified atom stereocenters. The van der Waals surface area contributed by atoms with Gasteiger partial charge in [0.15, 0.2) is 6.10 Å². The summed E-state index contributed by atoms with van der Waals surface area (Å²) < 4.78 is 10.3. The molecule has 1 aromatic carbocycles. The number of benzene rings is 1. The zero-order chi connectivity index (χ0) is 14.3. The van der Waals surface area contributed by atoms with E-state index in [-0.39, 0.29) is 6.42 Å². The van der Waals surface area contributed by atoms with E-state index in [2.05, 4.69) is 0 Å². The molecule has 0 aromatic heterocycles. The van der Waals surface area contributed by atoms with E-state index in [0.29, 0.717) is 13.0 Å². The molecule has 0 aliphatic carbocycles. The van der Waals surface area contributed by atoms with Gasteiger partial charge >= 0.3 is 5.97 Å². The molecular weight excluding hydrogens is 246 g/mol. The van der Waals surface area contributed by atoms with Crippen LogP contribution in [0.3, 0.4) is 0 Å². The predicted molar refractivity (Wildman–Crippen MR) is 70.7 cm³/mol. The van der Waals surface area contributed by atoms with Crippen LogP contribution in [0.15, 0.2) is 24.3 Å². The number of aryl methyl sites for hydroxylation is 1. The van der Waals surface area contributed by atoms with Crippen LogP contribution in [-0.4, -0.2) is 24.6 Å². The molecule has 0 fully saturated rings. The molecule has 1 rings (SSSR count). The zero-order valence-corrected chi connectivity index (χ0v) is 11.2. The Morgan fingerprint density at radius 1 is 1.32 bits per heavy atom. The highest BCUT2D eigenvalue weighted by molar-refractivity contribution is 5.81. The largest absolute Gasteiger partial charge is 0.494 e. The molecule has 0 saturated heterocycles. The molecule has 0 radical (unpaired) electrons. The lowest BCUT2D eigenvalue weighted by Gasteiger charge is -2.11. The fourth-order valence-corrected chi connectivity index (χ4v) is 1.56. The highest BCUT2D eigenvalue weighted by Crippen LogP contribution is 2.19. The molecule has 1 aromatic rings. The van der Waals surface area contributed by atoms with E-state index in [1.807, 2.05) is 31.2 Å². The maximum absolute atomic E-state index is 11.5. The summed E-state index contributed by atoms with van der Waals surface area (Å²) in [5.41, 5.74) is 5.96. The third-order valence-corrected chi connectivity index (χ3v) is 2.58. The smallest absolute Gasteiger partial charge is 0.306 e. The Kier molecular flexibility index (Phi) is 5.85. The molecule has 0 aliphatic rings. The van der Waals surface area contributed by atoms with E-state index in [1.165, 1.54) is 6.92 Å². The Morgan fingerprint density at radius 2 is 2.00 bits per heavy atom. The maximum atomic E-state index is 11.5. The van der Waals surface area contributed by atoms with Crippen LogP contribution >= 0.6 is 0 Å². The van der Waals surface area contributed by atoms with Crippen molar-refractivity contribution in [2.45, 2.75) is 32.8 Å². The van der Waals surface area contributed by atoms with E-state index < -0.39 is 18.0 Å². The normalized spacial score (nSPS) is 11.7. The van der Waals surface area contributed by atoms with Gasteiger partial charge in [-0.15, -0.1) is 0 Å². The summed E-state index contributed by atoms with van der Waals surface area (Å²) in [6, 6.07) is 7.52. The van der Waals surface area contributed by atoms with E-state index in [9.17, 15) is 9.59 Å². The number of carbonyl (C=O) groups excluding carboxylic acids is 2. The lowest BCUT2D eigenvalue weighted by molar-refractivity contribution is -0.153. The minimum atomic E-state index is -0.894. The average molecular weight is 265 g/mol. The van der Waals surface area contributed by atoms with Gasteiger partial charge < -0.3 is 15.2 Å². The van der Waals surface area contributed by atoms with Gasteiger partial charge in [-0.2, -0.15) is 0 Å².